The Morgan fingerprint density at radius 2 is 2.23 bits per heavy atom. The molecule has 0 aromatic rings. The molecule has 1 aliphatic heterocycles. The van der Waals surface area contributed by atoms with E-state index in [-0.39, 0.29) is 5.41 Å². The molecule has 1 rings (SSSR count). The Kier molecular flexibility index (Phi) is 4.74. The number of rotatable bonds is 5. The van der Waals surface area contributed by atoms with Gasteiger partial charge in [-0.1, -0.05) is 26.2 Å². The van der Waals surface area contributed by atoms with Gasteiger partial charge in [0.2, 0.25) is 0 Å². The summed E-state index contributed by atoms with van der Waals surface area (Å²) in [4.78, 5) is 0. The average Bonchev–Trinajstić information content (AvgIpc) is 2.20. The van der Waals surface area contributed by atoms with Gasteiger partial charge in [0.05, 0.1) is 0 Å². The first kappa shape index (κ1) is 11.0. The fraction of sp³-hybridized carbons (Fsp3) is 1.00. The quantitative estimate of drug-likeness (QED) is 0.641. The van der Waals surface area contributed by atoms with Gasteiger partial charge in [-0.25, -0.2) is 0 Å². The molecule has 1 atom stereocenters. The summed E-state index contributed by atoms with van der Waals surface area (Å²) in [6, 6.07) is 0. The first-order chi connectivity index (χ1) is 6.33. The molecule has 0 spiro atoms. The lowest BCUT2D eigenvalue weighted by molar-refractivity contribution is 0.0831. The maximum absolute atomic E-state index is 9.40. The summed E-state index contributed by atoms with van der Waals surface area (Å²) in [6.07, 6.45) is 7.49. The molecule has 78 valence electrons. The Morgan fingerprint density at radius 1 is 1.38 bits per heavy atom. The molecule has 1 aliphatic rings. The maximum Gasteiger partial charge on any atom is 0.0499 e. The van der Waals surface area contributed by atoms with E-state index in [1.165, 1.54) is 38.5 Å². The predicted molar refractivity (Wildman–Crippen MR) is 55.8 cm³/mol. The van der Waals surface area contributed by atoms with Gasteiger partial charge in [0.1, 0.15) is 0 Å². The summed E-state index contributed by atoms with van der Waals surface area (Å²) in [5.74, 6) is 0. The molecule has 2 heteroatoms. The van der Waals surface area contributed by atoms with Gasteiger partial charge in [-0.05, 0) is 25.8 Å². The topological polar surface area (TPSA) is 32.3 Å². The Labute approximate surface area is 81.7 Å². The molecule has 2 nitrogen and oxygen atoms in total. The second-order valence-corrected chi connectivity index (χ2v) is 4.40. The molecule has 0 amide bonds. The van der Waals surface area contributed by atoms with Crippen molar-refractivity contribution in [1.82, 2.24) is 5.32 Å². The van der Waals surface area contributed by atoms with E-state index in [1.807, 2.05) is 0 Å². The van der Waals surface area contributed by atoms with Crippen LogP contribution in [0.1, 0.15) is 45.4 Å². The molecule has 0 aromatic heterocycles. The molecule has 1 heterocycles. The minimum Gasteiger partial charge on any atom is -0.396 e. The Hall–Kier alpha value is -0.0800. The molecule has 2 N–H and O–H groups in total. The number of unbranched alkanes of at least 4 members (excludes halogenated alkanes) is 2. The monoisotopic (exact) mass is 185 g/mol. The van der Waals surface area contributed by atoms with Crippen LogP contribution in [0.2, 0.25) is 0 Å². The van der Waals surface area contributed by atoms with Gasteiger partial charge in [-0.2, -0.15) is 0 Å². The van der Waals surface area contributed by atoms with Crippen molar-refractivity contribution in [3.05, 3.63) is 0 Å². The highest BCUT2D eigenvalue weighted by molar-refractivity contribution is 4.84. The van der Waals surface area contributed by atoms with Crippen LogP contribution in [-0.4, -0.2) is 24.8 Å². The average molecular weight is 185 g/mol. The van der Waals surface area contributed by atoms with E-state index in [9.17, 15) is 5.11 Å². The van der Waals surface area contributed by atoms with E-state index < -0.39 is 0 Å². The van der Waals surface area contributed by atoms with E-state index in [0.717, 1.165) is 13.1 Å². The number of hydrogen-bond donors (Lipinski definition) is 2. The van der Waals surface area contributed by atoms with Crippen LogP contribution in [0.15, 0.2) is 0 Å². The fourth-order valence-electron chi connectivity index (χ4n) is 2.21. The highest BCUT2D eigenvalue weighted by Crippen LogP contribution is 2.31. The molecule has 13 heavy (non-hydrogen) atoms. The van der Waals surface area contributed by atoms with Crippen molar-refractivity contribution < 1.29 is 5.11 Å². The minimum atomic E-state index is 0.216. The molecule has 0 aromatic carbocycles. The molecule has 1 unspecified atom stereocenters. The zero-order chi connectivity index (χ0) is 9.57. The Bertz CT molecular complexity index is 130. The summed E-state index contributed by atoms with van der Waals surface area (Å²) >= 11 is 0. The number of aliphatic hydroxyl groups excluding tert-OH is 1. The third kappa shape index (κ3) is 3.28. The van der Waals surface area contributed by atoms with Crippen LogP contribution in [0.3, 0.4) is 0 Å². The Morgan fingerprint density at radius 3 is 2.77 bits per heavy atom. The van der Waals surface area contributed by atoms with Gasteiger partial charge >= 0.3 is 0 Å². The third-order valence-electron chi connectivity index (χ3n) is 3.21. The van der Waals surface area contributed by atoms with Gasteiger partial charge in [0.15, 0.2) is 0 Å². The van der Waals surface area contributed by atoms with Crippen LogP contribution < -0.4 is 5.32 Å². The van der Waals surface area contributed by atoms with Crippen molar-refractivity contribution in [2.24, 2.45) is 5.41 Å². The van der Waals surface area contributed by atoms with Gasteiger partial charge in [0.25, 0.3) is 0 Å². The number of piperidine rings is 1. The standard InChI is InChI=1S/C11H23NO/c1-2-3-4-6-11(10-13)7-5-8-12-9-11/h12-13H,2-10H2,1H3. The second-order valence-electron chi connectivity index (χ2n) is 4.40. The zero-order valence-corrected chi connectivity index (χ0v) is 8.81. The molecular formula is C11H23NO. The SMILES string of the molecule is CCCCCC1(CO)CCCNC1. The van der Waals surface area contributed by atoms with Crippen LogP contribution in [0, 0.1) is 5.41 Å². The minimum absolute atomic E-state index is 0.216. The fourth-order valence-corrected chi connectivity index (χ4v) is 2.21. The van der Waals surface area contributed by atoms with E-state index in [0.29, 0.717) is 6.61 Å². The largest absolute Gasteiger partial charge is 0.396 e. The van der Waals surface area contributed by atoms with Gasteiger partial charge in [0, 0.05) is 18.6 Å². The maximum atomic E-state index is 9.40. The van der Waals surface area contributed by atoms with Crippen molar-refractivity contribution in [2.75, 3.05) is 19.7 Å². The molecule has 1 fully saturated rings. The summed E-state index contributed by atoms with van der Waals surface area (Å²) in [6.45, 7) is 4.75. The summed E-state index contributed by atoms with van der Waals surface area (Å²) in [5, 5.41) is 12.8. The first-order valence-corrected chi connectivity index (χ1v) is 5.64. The lowest BCUT2D eigenvalue weighted by Crippen LogP contribution is -2.42. The van der Waals surface area contributed by atoms with Crippen LogP contribution >= 0.6 is 0 Å². The van der Waals surface area contributed by atoms with Crippen LogP contribution in [-0.2, 0) is 0 Å². The Balaban J connectivity index is 2.29. The highest BCUT2D eigenvalue weighted by Gasteiger charge is 2.30. The van der Waals surface area contributed by atoms with Crippen molar-refractivity contribution in [3.8, 4) is 0 Å². The van der Waals surface area contributed by atoms with E-state index in [2.05, 4.69) is 12.2 Å². The lowest BCUT2D eigenvalue weighted by atomic mass is 9.77. The summed E-state index contributed by atoms with van der Waals surface area (Å²) in [7, 11) is 0. The van der Waals surface area contributed by atoms with Crippen LogP contribution in [0.4, 0.5) is 0 Å². The predicted octanol–water partition coefficient (Wildman–Crippen LogP) is 1.93. The van der Waals surface area contributed by atoms with Crippen molar-refractivity contribution in [2.45, 2.75) is 45.4 Å². The first-order valence-electron chi connectivity index (χ1n) is 5.64. The number of nitrogens with one attached hydrogen (secondary N) is 1. The molecule has 1 saturated heterocycles. The second kappa shape index (κ2) is 5.61. The molecule has 0 bridgehead atoms. The summed E-state index contributed by atoms with van der Waals surface area (Å²) in [5.41, 5.74) is 0.216. The normalized spacial score (nSPS) is 29.1. The van der Waals surface area contributed by atoms with E-state index in [1.54, 1.807) is 0 Å². The van der Waals surface area contributed by atoms with Crippen molar-refractivity contribution in [3.63, 3.8) is 0 Å². The number of aliphatic hydroxyl groups is 1. The zero-order valence-electron chi connectivity index (χ0n) is 8.81. The van der Waals surface area contributed by atoms with E-state index >= 15 is 0 Å². The molecule has 0 aliphatic carbocycles. The smallest absolute Gasteiger partial charge is 0.0499 e. The molecule has 0 saturated carbocycles. The van der Waals surface area contributed by atoms with Crippen molar-refractivity contribution >= 4 is 0 Å². The lowest BCUT2D eigenvalue weighted by Gasteiger charge is -2.36. The van der Waals surface area contributed by atoms with E-state index in [4.69, 9.17) is 0 Å². The highest BCUT2D eigenvalue weighted by atomic mass is 16.3. The van der Waals surface area contributed by atoms with Crippen molar-refractivity contribution in [1.29, 1.82) is 0 Å². The summed E-state index contributed by atoms with van der Waals surface area (Å²) < 4.78 is 0. The van der Waals surface area contributed by atoms with Crippen LogP contribution in [0.5, 0.6) is 0 Å². The molecule has 0 radical (unpaired) electrons. The van der Waals surface area contributed by atoms with Crippen LogP contribution in [0.25, 0.3) is 0 Å². The van der Waals surface area contributed by atoms with Gasteiger partial charge in [-0.15, -0.1) is 0 Å². The number of hydrogen-bond acceptors (Lipinski definition) is 2. The third-order valence-corrected chi connectivity index (χ3v) is 3.21. The van der Waals surface area contributed by atoms with Gasteiger partial charge < -0.3 is 10.4 Å². The van der Waals surface area contributed by atoms with Gasteiger partial charge in [-0.3, -0.25) is 0 Å². The molecular weight excluding hydrogens is 162 g/mol.